The van der Waals surface area contributed by atoms with Crippen molar-refractivity contribution >= 4 is 29.5 Å². The van der Waals surface area contributed by atoms with E-state index in [1.54, 1.807) is 7.11 Å². The zero-order valence-electron chi connectivity index (χ0n) is 15.7. The summed E-state index contributed by atoms with van der Waals surface area (Å²) in [6.45, 7) is 3.73. The van der Waals surface area contributed by atoms with Gasteiger partial charge in [-0.2, -0.15) is 5.26 Å². The first-order valence-electron chi connectivity index (χ1n) is 8.13. The highest BCUT2D eigenvalue weighted by molar-refractivity contribution is 8.00. The van der Waals surface area contributed by atoms with Crippen LogP contribution in [0.25, 0.3) is 5.69 Å². The van der Waals surface area contributed by atoms with Crippen LogP contribution >= 0.6 is 11.8 Å². The Bertz CT molecular complexity index is 882. The van der Waals surface area contributed by atoms with E-state index in [1.165, 1.54) is 7.11 Å². The topological polar surface area (TPSA) is 93.4 Å². The molecule has 0 spiro atoms. The Morgan fingerprint density at radius 2 is 1.85 bits per heavy atom. The van der Waals surface area contributed by atoms with Gasteiger partial charge in [-0.15, -0.1) is 11.8 Å². The van der Waals surface area contributed by atoms with Gasteiger partial charge in [0, 0.05) is 11.4 Å². The van der Waals surface area contributed by atoms with E-state index in [2.05, 4.69) is 16.1 Å². The van der Waals surface area contributed by atoms with Crippen molar-refractivity contribution in [3.05, 3.63) is 41.1 Å². The molecule has 0 atom stereocenters. The minimum Gasteiger partial charge on any atom is -0.497 e. The molecule has 2 rings (SSSR count). The Morgan fingerprint density at radius 3 is 2.41 bits per heavy atom. The van der Waals surface area contributed by atoms with Crippen LogP contribution in [0.15, 0.2) is 24.3 Å². The van der Waals surface area contributed by atoms with Crippen molar-refractivity contribution in [1.82, 2.24) is 4.57 Å². The Labute approximate surface area is 162 Å². The molecule has 1 N–H and O–H groups in total. The first-order valence-corrected chi connectivity index (χ1v) is 9.29. The Hall–Kier alpha value is -2.92. The lowest BCUT2D eigenvalue weighted by Crippen LogP contribution is -2.18. The highest BCUT2D eigenvalue weighted by atomic mass is 32.2. The van der Waals surface area contributed by atoms with E-state index in [4.69, 9.17) is 4.74 Å². The maximum Gasteiger partial charge on any atom is 0.315 e. The third-order valence-electron chi connectivity index (χ3n) is 4.09. The van der Waals surface area contributed by atoms with Gasteiger partial charge in [-0.05, 0) is 43.7 Å². The number of esters is 1. The zero-order valence-corrected chi connectivity index (χ0v) is 16.5. The maximum atomic E-state index is 12.3. The average Bonchev–Trinajstić information content (AvgIpc) is 2.91. The van der Waals surface area contributed by atoms with Gasteiger partial charge < -0.3 is 14.8 Å². The van der Waals surface area contributed by atoms with E-state index in [1.807, 2.05) is 42.7 Å². The largest absolute Gasteiger partial charge is 0.497 e. The number of ether oxygens (including phenoxy) is 2. The second-order valence-electron chi connectivity index (χ2n) is 5.70. The lowest BCUT2D eigenvalue weighted by Gasteiger charge is -2.13. The molecule has 0 saturated carbocycles. The van der Waals surface area contributed by atoms with Crippen LogP contribution in [0.3, 0.4) is 0 Å². The Morgan fingerprint density at radius 1 is 1.19 bits per heavy atom. The summed E-state index contributed by atoms with van der Waals surface area (Å²) in [5.41, 5.74) is 2.87. The molecule has 0 unspecified atom stereocenters. The lowest BCUT2D eigenvalue weighted by atomic mass is 10.2. The van der Waals surface area contributed by atoms with Gasteiger partial charge in [0.15, 0.2) is 0 Å². The van der Waals surface area contributed by atoms with Crippen molar-refractivity contribution in [3.63, 3.8) is 0 Å². The summed E-state index contributed by atoms with van der Waals surface area (Å²) in [4.78, 5) is 23.5. The highest BCUT2D eigenvalue weighted by Crippen LogP contribution is 2.30. The summed E-state index contributed by atoms with van der Waals surface area (Å²) in [5, 5.41) is 12.4. The highest BCUT2D eigenvalue weighted by Gasteiger charge is 2.20. The van der Waals surface area contributed by atoms with Crippen LogP contribution in [0.1, 0.15) is 16.8 Å². The van der Waals surface area contributed by atoms with Crippen LogP contribution in [0, 0.1) is 25.2 Å². The molecule has 0 aliphatic carbocycles. The summed E-state index contributed by atoms with van der Waals surface area (Å²) >= 11 is 1.15. The van der Waals surface area contributed by atoms with E-state index in [9.17, 15) is 14.9 Å². The molecule has 0 saturated heterocycles. The number of amides is 1. The number of rotatable bonds is 7. The number of benzene rings is 1. The third kappa shape index (κ3) is 4.63. The number of thioether (sulfide) groups is 1. The predicted molar refractivity (Wildman–Crippen MR) is 104 cm³/mol. The maximum absolute atomic E-state index is 12.3. The monoisotopic (exact) mass is 387 g/mol. The molecule has 1 heterocycles. The van der Waals surface area contributed by atoms with Crippen LogP contribution in [0.2, 0.25) is 0 Å². The van der Waals surface area contributed by atoms with Crippen LogP contribution in [0.4, 0.5) is 5.82 Å². The Kier molecular flexibility index (Phi) is 6.91. The second-order valence-corrected chi connectivity index (χ2v) is 6.68. The summed E-state index contributed by atoms with van der Waals surface area (Å²) in [5.74, 6) is 0.608. The number of nitriles is 1. The van der Waals surface area contributed by atoms with Gasteiger partial charge in [0.05, 0.1) is 31.3 Å². The van der Waals surface area contributed by atoms with Crippen molar-refractivity contribution in [3.8, 4) is 17.5 Å². The van der Waals surface area contributed by atoms with Crippen LogP contribution < -0.4 is 10.1 Å². The fourth-order valence-electron chi connectivity index (χ4n) is 2.57. The van der Waals surface area contributed by atoms with Gasteiger partial charge in [-0.1, -0.05) is 0 Å². The summed E-state index contributed by atoms with van der Waals surface area (Å²) in [6, 6.07) is 9.50. The minimum atomic E-state index is -0.390. The molecule has 142 valence electrons. The van der Waals surface area contributed by atoms with E-state index in [-0.39, 0.29) is 23.4 Å². The number of nitrogens with zero attached hydrogens (tertiary/aromatic N) is 2. The molecule has 0 bridgehead atoms. The quantitative estimate of drug-likeness (QED) is 0.735. The molecule has 1 amide bonds. The summed E-state index contributed by atoms with van der Waals surface area (Å²) in [7, 11) is 2.89. The molecule has 27 heavy (non-hydrogen) atoms. The SMILES string of the molecule is COC(=O)CSCC(=O)Nc1c(C#N)c(C)c(C)n1-c1ccc(OC)cc1. The van der Waals surface area contributed by atoms with Crippen molar-refractivity contribution in [2.24, 2.45) is 0 Å². The van der Waals surface area contributed by atoms with Gasteiger partial charge >= 0.3 is 5.97 Å². The Balaban J connectivity index is 2.31. The molecule has 1 aromatic carbocycles. The van der Waals surface area contributed by atoms with Crippen molar-refractivity contribution < 1.29 is 19.1 Å². The van der Waals surface area contributed by atoms with Gasteiger partial charge in [-0.3, -0.25) is 14.2 Å². The molecule has 2 aromatic rings. The number of methoxy groups -OCH3 is 2. The van der Waals surface area contributed by atoms with Crippen molar-refractivity contribution in [2.75, 3.05) is 31.0 Å². The van der Waals surface area contributed by atoms with Crippen LogP contribution in [-0.2, 0) is 14.3 Å². The number of aromatic nitrogens is 1. The van der Waals surface area contributed by atoms with Crippen molar-refractivity contribution in [2.45, 2.75) is 13.8 Å². The first-order chi connectivity index (χ1) is 12.9. The van der Waals surface area contributed by atoms with Gasteiger partial charge in [0.25, 0.3) is 0 Å². The molecule has 7 nitrogen and oxygen atoms in total. The number of carbonyl (C=O) groups excluding carboxylic acids is 2. The van der Waals surface area contributed by atoms with E-state index < -0.39 is 0 Å². The van der Waals surface area contributed by atoms with Gasteiger partial charge in [0.1, 0.15) is 17.6 Å². The van der Waals surface area contributed by atoms with E-state index >= 15 is 0 Å². The normalized spacial score (nSPS) is 10.2. The number of anilines is 1. The van der Waals surface area contributed by atoms with Gasteiger partial charge in [-0.25, -0.2) is 0 Å². The first kappa shape index (κ1) is 20.4. The molecule has 0 aliphatic rings. The third-order valence-corrected chi connectivity index (χ3v) is 5.00. The predicted octanol–water partition coefficient (Wildman–Crippen LogP) is 2.82. The molecule has 0 fully saturated rings. The van der Waals surface area contributed by atoms with E-state index in [0.29, 0.717) is 17.1 Å². The fraction of sp³-hybridized carbons (Fsp3) is 0.316. The minimum absolute atomic E-state index is 0.0753. The van der Waals surface area contributed by atoms with E-state index in [0.717, 1.165) is 28.7 Å². The molecule has 0 aliphatic heterocycles. The molecule has 0 radical (unpaired) electrons. The molecular formula is C19H21N3O4S. The fourth-order valence-corrected chi connectivity index (χ4v) is 3.21. The summed E-state index contributed by atoms with van der Waals surface area (Å²) < 4.78 is 11.6. The smallest absolute Gasteiger partial charge is 0.315 e. The summed E-state index contributed by atoms with van der Waals surface area (Å²) in [6.07, 6.45) is 0. The molecule has 1 aromatic heterocycles. The number of carbonyl (C=O) groups is 2. The van der Waals surface area contributed by atoms with Crippen molar-refractivity contribution in [1.29, 1.82) is 5.26 Å². The number of hydrogen-bond acceptors (Lipinski definition) is 6. The number of nitrogens with one attached hydrogen (secondary N) is 1. The van der Waals surface area contributed by atoms with Gasteiger partial charge in [0.2, 0.25) is 5.91 Å². The number of hydrogen-bond donors (Lipinski definition) is 1. The standard InChI is InChI=1S/C19H21N3O4S/c1-12-13(2)22(14-5-7-15(25-3)8-6-14)19(16(12)9-20)21-17(23)10-27-11-18(24)26-4/h5-8H,10-11H2,1-4H3,(H,21,23). The average molecular weight is 387 g/mol. The lowest BCUT2D eigenvalue weighted by molar-refractivity contribution is -0.137. The van der Waals surface area contributed by atoms with Crippen LogP contribution in [-0.4, -0.2) is 42.2 Å². The molecular weight excluding hydrogens is 366 g/mol. The zero-order chi connectivity index (χ0) is 20.0. The van der Waals surface area contributed by atoms with Crippen LogP contribution in [0.5, 0.6) is 5.75 Å². The second kappa shape index (κ2) is 9.14. The molecule has 8 heteroatoms.